The van der Waals surface area contributed by atoms with Crippen LogP contribution in [0.1, 0.15) is 29.8 Å². The van der Waals surface area contributed by atoms with Crippen LogP contribution in [-0.2, 0) is 0 Å². The minimum atomic E-state index is -0.760. The van der Waals surface area contributed by atoms with Crippen LogP contribution in [0.4, 0.5) is 0 Å². The molecular formula is C17H19NO3. The number of rotatable bonds is 2. The van der Waals surface area contributed by atoms with Crippen molar-refractivity contribution in [3.8, 4) is 11.5 Å². The average Bonchev–Trinajstić information content (AvgIpc) is 2.66. The van der Waals surface area contributed by atoms with Gasteiger partial charge in [0.25, 0.3) is 0 Å². The lowest BCUT2D eigenvalue weighted by molar-refractivity contribution is 0.131. The first-order valence-corrected chi connectivity index (χ1v) is 7.02. The predicted octanol–water partition coefficient (Wildman–Crippen LogP) is 2.58. The van der Waals surface area contributed by atoms with Gasteiger partial charge in [0.2, 0.25) is 0 Å². The normalized spacial score (nSPS) is 24.6. The van der Waals surface area contributed by atoms with Crippen LogP contribution in [0.3, 0.4) is 0 Å². The molecule has 4 nitrogen and oxygen atoms in total. The highest BCUT2D eigenvalue weighted by atomic mass is 16.5. The van der Waals surface area contributed by atoms with Crippen molar-refractivity contribution in [2.24, 2.45) is 5.73 Å². The lowest BCUT2D eigenvalue weighted by atomic mass is 9.96. The van der Waals surface area contributed by atoms with Gasteiger partial charge in [-0.05, 0) is 23.8 Å². The topological polar surface area (TPSA) is 64.7 Å². The third kappa shape index (κ3) is 2.73. The maximum atomic E-state index is 10.4. The largest absolute Gasteiger partial charge is 0.497 e. The van der Waals surface area contributed by atoms with Crippen molar-refractivity contribution in [1.82, 2.24) is 0 Å². The van der Waals surface area contributed by atoms with Crippen molar-refractivity contribution in [1.29, 1.82) is 0 Å². The number of aliphatic hydroxyl groups is 1. The summed E-state index contributed by atoms with van der Waals surface area (Å²) in [6.07, 6.45) is -0.364. The zero-order valence-corrected chi connectivity index (χ0v) is 11.9. The SMILES string of the molecule is COc1ccc2c(c1)C(O)C(N)CC(c1ccccc1)O2. The summed E-state index contributed by atoms with van der Waals surface area (Å²) >= 11 is 0. The first-order valence-electron chi connectivity index (χ1n) is 7.02. The predicted molar refractivity (Wildman–Crippen MR) is 80.4 cm³/mol. The Kier molecular flexibility index (Phi) is 3.82. The van der Waals surface area contributed by atoms with Crippen LogP contribution in [0.25, 0.3) is 0 Å². The molecule has 0 saturated heterocycles. The Bertz CT molecular complexity index is 615. The standard InChI is InChI=1S/C17H19NO3/c1-20-12-7-8-15-13(9-12)17(19)14(18)10-16(21-15)11-5-3-2-4-6-11/h2-9,14,16-17,19H,10,18H2,1H3. The van der Waals surface area contributed by atoms with Crippen LogP contribution in [0.2, 0.25) is 0 Å². The average molecular weight is 285 g/mol. The molecule has 0 amide bonds. The molecule has 3 rings (SSSR count). The second-order valence-corrected chi connectivity index (χ2v) is 5.27. The van der Waals surface area contributed by atoms with Crippen molar-refractivity contribution in [2.75, 3.05) is 7.11 Å². The number of methoxy groups -OCH3 is 1. The van der Waals surface area contributed by atoms with E-state index in [0.717, 1.165) is 5.56 Å². The van der Waals surface area contributed by atoms with E-state index in [2.05, 4.69) is 0 Å². The third-order valence-electron chi connectivity index (χ3n) is 3.87. The van der Waals surface area contributed by atoms with Crippen LogP contribution < -0.4 is 15.2 Å². The van der Waals surface area contributed by atoms with Gasteiger partial charge >= 0.3 is 0 Å². The van der Waals surface area contributed by atoms with Crippen LogP contribution in [0.5, 0.6) is 11.5 Å². The Morgan fingerprint density at radius 3 is 2.67 bits per heavy atom. The van der Waals surface area contributed by atoms with Gasteiger partial charge in [-0.1, -0.05) is 30.3 Å². The highest BCUT2D eigenvalue weighted by Gasteiger charge is 2.30. The maximum Gasteiger partial charge on any atom is 0.126 e. The molecule has 2 aromatic rings. The molecule has 0 radical (unpaired) electrons. The van der Waals surface area contributed by atoms with Gasteiger partial charge in [0.1, 0.15) is 17.6 Å². The fourth-order valence-corrected chi connectivity index (χ4v) is 2.67. The van der Waals surface area contributed by atoms with E-state index in [4.69, 9.17) is 15.2 Å². The van der Waals surface area contributed by atoms with Crippen molar-refractivity contribution >= 4 is 0 Å². The van der Waals surface area contributed by atoms with Crippen molar-refractivity contribution in [3.05, 3.63) is 59.7 Å². The molecule has 1 aliphatic rings. The van der Waals surface area contributed by atoms with Crippen LogP contribution in [0.15, 0.2) is 48.5 Å². The Labute approximate surface area is 124 Å². The minimum Gasteiger partial charge on any atom is -0.497 e. The molecule has 3 atom stereocenters. The molecule has 110 valence electrons. The Balaban J connectivity index is 1.99. The fraction of sp³-hybridized carbons (Fsp3) is 0.294. The molecule has 3 unspecified atom stereocenters. The molecule has 0 fully saturated rings. The van der Waals surface area contributed by atoms with E-state index in [0.29, 0.717) is 23.5 Å². The molecule has 0 aromatic heterocycles. The molecular weight excluding hydrogens is 266 g/mol. The summed E-state index contributed by atoms with van der Waals surface area (Å²) in [5.74, 6) is 1.34. The summed E-state index contributed by atoms with van der Waals surface area (Å²) in [6.45, 7) is 0. The van der Waals surface area contributed by atoms with Crippen molar-refractivity contribution in [3.63, 3.8) is 0 Å². The first kappa shape index (κ1) is 13.9. The van der Waals surface area contributed by atoms with E-state index in [1.807, 2.05) is 42.5 Å². The zero-order valence-electron chi connectivity index (χ0n) is 11.9. The van der Waals surface area contributed by atoms with Gasteiger partial charge in [0.15, 0.2) is 0 Å². The van der Waals surface area contributed by atoms with E-state index in [9.17, 15) is 5.11 Å². The summed E-state index contributed by atoms with van der Waals surface area (Å²) in [4.78, 5) is 0. The zero-order chi connectivity index (χ0) is 14.8. The molecule has 2 aromatic carbocycles. The summed E-state index contributed by atoms with van der Waals surface area (Å²) in [6, 6.07) is 15.0. The highest BCUT2D eigenvalue weighted by Crippen LogP contribution is 2.39. The first-order chi connectivity index (χ1) is 10.2. The lowest BCUT2D eigenvalue weighted by Gasteiger charge is -2.19. The molecule has 21 heavy (non-hydrogen) atoms. The van der Waals surface area contributed by atoms with Crippen LogP contribution in [-0.4, -0.2) is 18.3 Å². The Morgan fingerprint density at radius 1 is 1.19 bits per heavy atom. The van der Waals surface area contributed by atoms with Gasteiger partial charge in [-0.3, -0.25) is 0 Å². The van der Waals surface area contributed by atoms with Gasteiger partial charge < -0.3 is 20.3 Å². The van der Waals surface area contributed by atoms with E-state index in [-0.39, 0.29) is 12.1 Å². The van der Waals surface area contributed by atoms with Gasteiger partial charge in [-0.2, -0.15) is 0 Å². The van der Waals surface area contributed by atoms with E-state index < -0.39 is 6.10 Å². The summed E-state index contributed by atoms with van der Waals surface area (Å²) in [5, 5.41) is 10.4. The maximum absolute atomic E-state index is 10.4. The van der Waals surface area contributed by atoms with E-state index in [1.54, 1.807) is 13.2 Å². The highest BCUT2D eigenvalue weighted by molar-refractivity contribution is 5.43. The molecule has 0 bridgehead atoms. The monoisotopic (exact) mass is 285 g/mol. The lowest BCUT2D eigenvalue weighted by Crippen LogP contribution is -2.29. The van der Waals surface area contributed by atoms with E-state index >= 15 is 0 Å². The third-order valence-corrected chi connectivity index (χ3v) is 3.87. The number of fused-ring (bicyclic) bond motifs is 1. The molecule has 4 heteroatoms. The number of hydrogen-bond donors (Lipinski definition) is 2. The Morgan fingerprint density at radius 2 is 1.95 bits per heavy atom. The Hall–Kier alpha value is -2.04. The van der Waals surface area contributed by atoms with Crippen LogP contribution in [0, 0.1) is 0 Å². The molecule has 1 aliphatic heterocycles. The van der Waals surface area contributed by atoms with Gasteiger partial charge in [-0.15, -0.1) is 0 Å². The molecule has 0 saturated carbocycles. The fourth-order valence-electron chi connectivity index (χ4n) is 2.67. The second-order valence-electron chi connectivity index (χ2n) is 5.27. The molecule has 1 heterocycles. The smallest absolute Gasteiger partial charge is 0.126 e. The van der Waals surface area contributed by atoms with Crippen molar-refractivity contribution in [2.45, 2.75) is 24.7 Å². The van der Waals surface area contributed by atoms with Crippen LogP contribution >= 0.6 is 0 Å². The number of hydrogen-bond acceptors (Lipinski definition) is 4. The number of ether oxygens (including phenoxy) is 2. The summed E-state index contributed by atoms with van der Waals surface area (Å²) in [7, 11) is 1.60. The quantitative estimate of drug-likeness (QED) is 0.890. The number of nitrogens with two attached hydrogens (primary N) is 1. The second kappa shape index (κ2) is 5.76. The summed E-state index contributed by atoms with van der Waals surface area (Å²) in [5.41, 5.74) is 7.88. The van der Waals surface area contributed by atoms with Gasteiger partial charge in [0, 0.05) is 18.0 Å². The molecule has 0 spiro atoms. The molecule has 3 N–H and O–H groups in total. The number of aliphatic hydroxyl groups excluding tert-OH is 1. The van der Waals surface area contributed by atoms with Gasteiger partial charge in [-0.25, -0.2) is 0 Å². The summed E-state index contributed by atoms with van der Waals surface area (Å²) < 4.78 is 11.3. The number of benzene rings is 2. The molecule has 0 aliphatic carbocycles. The van der Waals surface area contributed by atoms with E-state index in [1.165, 1.54) is 0 Å². The van der Waals surface area contributed by atoms with Gasteiger partial charge in [0.05, 0.1) is 13.2 Å². The van der Waals surface area contributed by atoms with Crippen molar-refractivity contribution < 1.29 is 14.6 Å². The minimum absolute atomic E-state index is 0.162.